The van der Waals surface area contributed by atoms with E-state index in [0.717, 1.165) is 23.0 Å². The van der Waals surface area contributed by atoms with Crippen molar-refractivity contribution in [2.24, 2.45) is 0 Å². The molecule has 0 bridgehead atoms. The molecule has 0 aliphatic heterocycles. The van der Waals surface area contributed by atoms with Crippen molar-refractivity contribution in [3.63, 3.8) is 0 Å². The molecule has 0 spiro atoms. The van der Waals surface area contributed by atoms with E-state index in [1.807, 2.05) is 6.07 Å². The van der Waals surface area contributed by atoms with E-state index in [2.05, 4.69) is 33.2 Å². The summed E-state index contributed by atoms with van der Waals surface area (Å²) >= 11 is 3.34. The summed E-state index contributed by atoms with van der Waals surface area (Å²) in [5.41, 5.74) is 0.790. The van der Waals surface area contributed by atoms with Crippen molar-refractivity contribution in [1.29, 1.82) is 0 Å². The number of pyridine rings is 1. The monoisotopic (exact) mass is 338 g/mol. The van der Waals surface area contributed by atoms with Gasteiger partial charge in [0.15, 0.2) is 0 Å². The lowest BCUT2D eigenvalue weighted by molar-refractivity contribution is 0.467. The van der Waals surface area contributed by atoms with Crippen molar-refractivity contribution in [1.82, 2.24) is 10.3 Å². The first kappa shape index (κ1) is 14.9. The van der Waals surface area contributed by atoms with Gasteiger partial charge in [-0.05, 0) is 53.2 Å². The van der Waals surface area contributed by atoms with Gasteiger partial charge < -0.3 is 10.1 Å². The highest BCUT2D eigenvalue weighted by Crippen LogP contribution is 2.27. The summed E-state index contributed by atoms with van der Waals surface area (Å²) < 4.78 is 20.0. The van der Waals surface area contributed by atoms with Crippen molar-refractivity contribution >= 4 is 15.9 Å². The van der Waals surface area contributed by atoms with Gasteiger partial charge in [0.1, 0.15) is 17.3 Å². The summed E-state index contributed by atoms with van der Waals surface area (Å²) in [7, 11) is 0. The molecule has 0 radical (unpaired) electrons. The van der Waals surface area contributed by atoms with E-state index >= 15 is 0 Å². The van der Waals surface area contributed by atoms with Gasteiger partial charge in [-0.15, -0.1) is 0 Å². The first-order chi connectivity index (χ1) is 9.69. The summed E-state index contributed by atoms with van der Waals surface area (Å²) in [6.45, 7) is 3.54. The molecular formula is C15H16BrFN2O. The molecule has 0 saturated heterocycles. The maximum absolute atomic E-state index is 13.4. The van der Waals surface area contributed by atoms with Gasteiger partial charge in [0.05, 0.1) is 6.20 Å². The molecular weight excluding hydrogens is 323 g/mol. The van der Waals surface area contributed by atoms with Gasteiger partial charge in [0, 0.05) is 22.8 Å². The quantitative estimate of drug-likeness (QED) is 0.798. The van der Waals surface area contributed by atoms with Crippen LogP contribution in [0.1, 0.15) is 18.9 Å². The molecule has 0 aliphatic carbocycles. The zero-order valence-corrected chi connectivity index (χ0v) is 12.8. The van der Waals surface area contributed by atoms with Crippen molar-refractivity contribution < 1.29 is 9.13 Å². The third kappa shape index (κ3) is 4.28. The van der Waals surface area contributed by atoms with E-state index in [1.54, 1.807) is 18.5 Å². The molecule has 1 aromatic carbocycles. The van der Waals surface area contributed by atoms with E-state index in [4.69, 9.17) is 4.74 Å². The Balaban J connectivity index is 2.17. The SMILES string of the molecule is CCCNCc1cc(F)ccc1Oc1cncc(Br)c1. The van der Waals surface area contributed by atoms with Gasteiger partial charge in [0.2, 0.25) is 0 Å². The molecule has 0 amide bonds. The zero-order chi connectivity index (χ0) is 14.4. The highest BCUT2D eigenvalue weighted by molar-refractivity contribution is 9.10. The molecule has 20 heavy (non-hydrogen) atoms. The summed E-state index contributed by atoms with van der Waals surface area (Å²) in [6, 6.07) is 6.34. The van der Waals surface area contributed by atoms with Crippen LogP contribution in [-0.4, -0.2) is 11.5 Å². The second-order valence-electron chi connectivity index (χ2n) is 4.37. The first-order valence-electron chi connectivity index (χ1n) is 6.46. The third-order valence-electron chi connectivity index (χ3n) is 2.67. The zero-order valence-electron chi connectivity index (χ0n) is 11.2. The van der Waals surface area contributed by atoms with E-state index < -0.39 is 0 Å². The van der Waals surface area contributed by atoms with Gasteiger partial charge in [-0.2, -0.15) is 0 Å². The molecule has 1 aromatic heterocycles. The lowest BCUT2D eigenvalue weighted by Gasteiger charge is -2.12. The molecule has 1 heterocycles. The molecule has 5 heteroatoms. The number of rotatable bonds is 6. The number of nitrogens with one attached hydrogen (secondary N) is 1. The lowest BCUT2D eigenvalue weighted by atomic mass is 10.2. The van der Waals surface area contributed by atoms with E-state index in [1.165, 1.54) is 12.1 Å². The van der Waals surface area contributed by atoms with E-state index in [-0.39, 0.29) is 5.82 Å². The minimum Gasteiger partial charge on any atom is -0.455 e. The van der Waals surface area contributed by atoms with E-state index in [9.17, 15) is 4.39 Å². The fourth-order valence-electron chi connectivity index (χ4n) is 1.76. The minimum absolute atomic E-state index is 0.266. The Morgan fingerprint density at radius 3 is 2.90 bits per heavy atom. The summed E-state index contributed by atoms with van der Waals surface area (Å²) in [6.07, 6.45) is 4.33. The number of hydrogen-bond donors (Lipinski definition) is 1. The van der Waals surface area contributed by atoms with Crippen LogP contribution in [0.2, 0.25) is 0 Å². The molecule has 0 saturated carbocycles. The van der Waals surface area contributed by atoms with Gasteiger partial charge in [-0.1, -0.05) is 6.92 Å². The molecule has 0 atom stereocenters. The van der Waals surface area contributed by atoms with Gasteiger partial charge in [-0.25, -0.2) is 4.39 Å². The number of benzene rings is 1. The largest absolute Gasteiger partial charge is 0.455 e. The highest BCUT2D eigenvalue weighted by atomic mass is 79.9. The lowest BCUT2D eigenvalue weighted by Crippen LogP contribution is -2.14. The minimum atomic E-state index is -0.266. The van der Waals surface area contributed by atoms with Crippen molar-refractivity contribution in [2.75, 3.05) is 6.54 Å². The number of aromatic nitrogens is 1. The fraction of sp³-hybridized carbons (Fsp3) is 0.267. The summed E-state index contributed by atoms with van der Waals surface area (Å²) in [5, 5.41) is 3.24. The van der Waals surface area contributed by atoms with Crippen LogP contribution >= 0.6 is 15.9 Å². The second-order valence-corrected chi connectivity index (χ2v) is 5.29. The Labute approximate surface area is 126 Å². The van der Waals surface area contributed by atoms with Crippen LogP contribution in [0.25, 0.3) is 0 Å². The maximum atomic E-state index is 13.4. The average molecular weight is 339 g/mol. The van der Waals surface area contributed by atoms with Crippen molar-refractivity contribution in [2.45, 2.75) is 19.9 Å². The van der Waals surface area contributed by atoms with Crippen LogP contribution < -0.4 is 10.1 Å². The Bertz CT molecular complexity index is 578. The number of ether oxygens (including phenoxy) is 1. The molecule has 0 aliphatic rings. The molecule has 2 aromatic rings. The topological polar surface area (TPSA) is 34.1 Å². The molecule has 3 nitrogen and oxygen atoms in total. The standard InChI is InChI=1S/C15H16BrFN2O/c1-2-5-18-8-11-6-13(17)3-4-15(11)20-14-7-12(16)9-19-10-14/h3-4,6-7,9-10,18H,2,5,8H2,1H3. The Kier molecular flexibility index (Phi) is 5.49. The normalized spacial score (nSPS) is 10.6. The predicted molar refractivity (Wildman–Crippen MR) is 80.4 cm³/mol. The summed E-state index contributed by atoms with van der Waals surface area (Å²) in [4.78, 5) is 4.04. The van der Waals surface area contributed by atoms with Crippen LogP contribution in [0.4, 0.5) is 4.39 Å². The van der Waals surface area contributed by atoms with Crippen LogP contribution in [0.15, 0.2) is 41.1 Å². The first-order valence-corrected chi connectivity index (χ1v) is 7.26. The second kappa shape index (κ2) is 7.36. The molecule has 2 rings (SSSR count). The van der Waals surface area contributed by atoms with Crippen LogP contribution in [0.3, 0.4) is 0 Å². The summed E-state index contributed by atoms with van der Waals surface area (Å²) in [5.74, 6) is 0.982. The number of hydrogen-bond acceptors (Lipinski definition) is 3. The van der Waals surface area contributed by atoms with Crippen LogP contribution in [0.5, 0.6) is 11.5 Å². The van der Waals surface area contributed by atoms with Crippen molar-refractivity contribution in [3.8, 4) is 11.5 Å². The number of halogens is 2. The smallest absolute Gasteiger partial charge is 0.146 e. The highest BCUT2D eigenvalue weighted by Gasteiger charge is 2.07. The molecule has 0 unspecified atom stereocenters. The van der Waals surface area contributed by atoms with E-state index in [0.29, 0.717) is 18.0 Å². The maximum Gasteiger partial charge on any atom is 0.146 e. The van der Waals surface area contributed by atoms with Gasteiger partial charge >= 0.3 is 0 Å². The van der Waals surface area contributed by atoms with Gasteiger partial charge in [0.25, 0.3) is 0 Å². The van der Waals surface area contributed by atoms with Crippen LogP contribution in [-0.2, 0) is 6.54 Å². The third-order valence-corrected chi connectivity index (χ3v) is 3.11. The van der Waals surface area contributed by atoms with Crippen LogP contribution in [0, 0.1) is 5.82 Å². The van der Waals surface area contributed by atoms with Crippen molar-refractivity contribution in [3.05, 3.63) is 52.5 Å². The molecule has 1 N–H and O–H groups in total. The Morgan fingerprint density at radius 2 is 2.15 bits per heavy atom. The fourth-order valence-corrected chi connectivity index (χ4v) is 2.10. The molecule has 0 fully saturated rings. The average Bonchev–Trinajstić information content (AvgIpc) is 2.42. The molecule has 106 valence electrons. The Hall–Kier alpha value is -1.46. The number of nitrogens with zero attached hydrogens (tertiary/aromatic N) is 1. The Morgan fingerprint density at radius 1 is 1.30 bits per heavy atom. The van der Waals surface area contributed by atoms with Gasteiger partial charge in [-0.3, -0.25) is 4.98 Å². The predicted octanol–water partition coefficient (Wildman–Crippen LogP) is 4.28.